The first-order valence-electron chi connectivity index (χ1n) is 6.83. The molecule has 1 unspecified atom stereocenters. The molecule has 0 aliphatic rings. The molecule has 1 N–H and O–H groups in total. The molecule has 0 spiro atoms. The molecule has 4 heteroatoms. The third-order valence-corrected chi connectivity index (χ3v) is 2.93. The van der Waals surface area contributed by atoms with Gasteiger partial charge in [-0.1, -0.05) is 25.6 Å². The number of hydrogen-bond donors (Lipinski definition) is 1. The van der Waals surface area contributed by atoms with Gasteiger partial charge in [0, 0.05) is 11.3 Å². The van der Waals surface area contributed by atoms with Crippen molar-refractivity contribution in [1.29, 1.82) is 0 Å². The van der Waals surface area contributed by atoms with E-state index in [9.17, 15) is 4.79 Å². The van der Waals surface area contributed by atoms with Crippen LogP contribution in [0.2, 0.25) is 0 Å². The Hall–Kier alpha value is -2.33. The van der Waals surface area contributed by atoms with Crippen molar-refractivity contribution in [2.45, 2.75) is 27.6 Å². The summed E-state index contributed by atoms with van der Waals surface area (Å²) >= 11 is 0. The summed E-state index contributed by atoms with van der Waals surface area (Å²) < 4.78 is 11.1. The highest BCUT2D eigenvalue weighted by Crippen LogP contribution is 2.12. The molecule has 1 atom stereocenters. The van der Waals surface area contributed by atoms with Crippen LogP contribution in [0.4, 0.5) is 5.69 Å². The Morgan fingerprint density at radius 3 is 2.32 bits per heavy atom. The fourth-order valence-electron chi connectivity index (χ4n) is 1.79. The van der Waals surface area contributed by atoms with Crippen LogP contribution in [0.1, 0.15) is 31.6 Å². The zero-order chi connectivity index (χ0) is 15.1. The van der Waals surface area contributed by atoms with E-state index >= 15 is 0 Å². The number of carbonyl (C=O) groups is 1. The van der Waals surface area contributed by atoms with Gasteiger partial charge in [0.05, 0.1) is 0 Å². The third kappa shape index (κ3) is 5.58. The number of ketones is 1. The Bertz CT molecular complexity index is 567. The SMILES string of the molecule is C.CC(=O)c1ccc(NCOC(C)Oc2ccccc2)cc1. The molecule has 2 rings (SSSR count). The van der Waals surface area contributed by atoms with Gasteiger partial charge in [-0.05, 0) is 50.2 Å². The van der Waals surface area contributed by atoms with Crippen molar-refractivity contribution < 1.29 is 14.3 Å². The average molecular weight is 301 g/mol. The quantitative estimate of drug-likeness (QED) is 0.610. The zero-order valence-corrected chi connectivity index (χ0v) is 12.2. The molecule has 0 bridgehead atoms. The number of ether oxygens (including phenoxy) is 2. The van der Waals surface area contributed by atoms with Crippen molar-refractivity contribution in [2.75, 3.05) is 12.0 Å². The lowest BCUT2D eigenvalue weighted by Gasteiger charge is -2.16. The molecule has 0 fully saturated rings. The van der Waals surface area contributed by atoms with E-state index in [0.717, 1.165) is 11.4 Å². The van der Waals surface area contributed by atoms with Crippen LogP contribution in [0.25, 0.3) is 0 Å². The van der Waals surface area contributed by atoms with Gasteiger partial charge in [-0.25, -0.2) is 0 Å². The minimum absolute atomic E-state index is 0. The first-order chi connectivity index (χ1) is 10.1. The number of rotatable bonds is 7. The minimum Gasteiger partial charge on any atom is -0.465 e. The van der Waals surface area contributed by atoms with E-state index in [4.69, 9.17) is 9.47 Å². The second-order valence-corrected chi connectivity index (χ2v) is 4.62. The number of anilines is 1. The lowest BCUT2D eigenvalue weighted by molar-refractivity contribution is -0.0591. The first kappa shape index (κ1) is 17.7. The summed E-state index contributed by atoms with van der Waals surface area (Å²) in [5.41, 5.74) is 1.59. The van der Waals surface area contributed by atoms with E-state index in [1.165, 1.54) is 0 Å². The summed E-state index contributed by atoms with van der Waals surface area (Å²) in [7, 11) is 0. The molecular formula is C18H23NO3. The molecule has 2 aromatic rings. The van der Waals surface area contributed by atoms with Gasteiger partial charge in [0.2, 0.25) is 0 Å². The maximum atomic E-state index is 11.2. The highest BCUT2D eigenvalue weighted by molar-refractivity contribution is 5.94. The van der Waals surface area contributed by atoms with Crippen molar-refractivity contribution in [3.8, 4) is 5.75 Å². The predicted molar refractivity (Wildman–Crippen MR) is 89.3 cm³/mol. The van der Waals surface area contributed by atoms with Crippen molar-refractivity contribution >= 4 is 11.5 Å². The topological polar surface area (TPSA) is 47.6 Å². The smallest absolute Gasteiger partial charge is 0.198 e. The highest BCUT2D eigenvalue weighted by Gasteiger charge is 2.03. The summed E-state index contributed by atoms with van der Waals surface area (Å²) in [5.74, 6) is 0.832. The number of benzene rings is 2. The van der Waals surface area contributed by atoms with Gasteiger partial charge < -0.3 is 14.8 Å². The summed E-state index contributed by atoms with van der Waals surface area (Å²) in [6, 6.07) is 16.8. The van der Waals surface area contributed by atoms with Crippen molar-refractivity contribution in [2.24, 2.45) is 0 Å². The Balaban J connectivity index is 0.00000242. The Labute approximate surface area is 132 Å². The number of carbonyl (C=O) groups excluding carboxylic acids is 1. The molecular weight excluding hydrogens is 278 g/mol. The predicted octanol–water partition coefficient (Wildman–Crippen LogP) is 4.34. The summed E-state index contributed by atoms with van der Waals surface area (Å²) in [4.78, 5) is 11.2. The molecule has 0 aliphatic carbocycles. The van der Waals surface area contributed by atoms with Crippen molar-refractivity contribution in [1.82, 2.24) is 0 Å². The van der Waals surface area contributed by atoms with Crippen molar-refractivity contribution in [3.63, 3.8) is 0 Å². The second-order valence-electron chi connectivity index (χ2n) is 4.62. The van der Waals surface area contributed by atoms with E-state index in [1.54, 1.807) is 19.1 Å². The third-order valence-electron chi connectivity index (χ3n) is 2.93. The molecule has 118 valence electrons. The van der Waals surface area contributed by atoms with Gasteiger partial charge in [-0.2, -0.15) is 0 Å². The maximum Gasteiger partial charge on any atom is 0.198 e. The van der Waals surface area contributed by atoms with E-state index in [-0.39, 0.29) is 19.5 Å². The zero-order valence-electron chi connectivity index (χ0n) is 12.2. The number of hydrogen-bond acceptors (Lipinski definition) is 4. The monoisotopic (exact) mass is 301 g/mol. The Morgan fingerprint density at radius 1 is 1.09 bits per heavy atom. The van der Waals surface area contributed by atoms with Crippen LogP contribution in [0.3, 0.4) is 0 Å². The molecule has 0 heterocycles. The molecule has 0 aliphatic heterocycles. The number of para-hydroxylation sites is 1. The van der Waals surface area contributed by atoms with Crippen LogP contribution in [0, 0.1) is 0 Å². The normalized spacial score (nSPS) is 11.2. The largest absolute Gasteiger partial charge is 0.465 e. The lowest BCUT2D eigenvalue weighted by atomic mass is 10.1. The first-order valence-corrected chi connectivity index (χ1v) is 6.83. The molecule has 22 heavy (non-hydrogen) atoms. The van der Waals surface area contributed by atoms with E-state index in [2.05, 4.69) is 5.32 Å². The van der Waals surface area contributed by atoms with Gasteiger partial charge >= 0.3 is 0 Å². The van der Waals surface area contributed by atoms with Crippen LogP contribution in [0.15, 0.2) is 54.6 Å². The fourth-order valence-corrected chi connectivity index (χ4v) is 1.79. The van der Waals surface area contributed by atoms with Crippen LogP contribution in [-0.2, 0) is 4.74 Å². The van der Waals surface area contributed by atoms with Crippen LogP contribution < -0.4 is 10.1 Å². The molecule has 4 nitrogen and oxygen atoms in total. The number of nitrogens with one attached hydrogen (secondary N) is 1. The molecule has 0 radical (unpaired) electrons. The molecule has 0 aromatic heterocycles. The second kappa shape index (κ2) is 8.85. The van der Waals surface area contributed by atoms with Crippen LogP contribution >= 0.6 is 0 Å². The van der Waals surface area contributed by atoms with E-state index < -0.39 is 0 Å². The average Bonchev–Trinajstić information content (AvgIpc) is 2.49. The minimum atomic E-state index is -0.351. The molecule has 0 saturated heterocycles. The molecule has 2 aromatic carbocycles. The van der Waals surface area contributed by atoms with Crippen molar-refractivity contribution in [3.05, 3.63) is 60.2 Å². The Morgan fingerprint density at radius 2 is 1.73 bits per heavy atom. The van der Waals surface area contributed by atoms with E-state index in [0.29, 0.717) is 12.3 Å². The van der Waals surface area contributed by atoms with Gasteiger partial charge in [-0.3, -0.25) is 4.79 Å². The summed E-state index contributed by atoms with van der Waals surface area (Å²) in [6.45, 7) is 3.72. The number of Topliss-reactive ketones (excluding diaryl/α,β-unsaturated/α-hetero) is 1. The summed E-state index contributed by atoms with van der Waals surface area (Å²) in [6.07, 6.45) is -0.351. The molecule has 0 amide bonds. The van der Waals surface area contributed by atoms with Gasteiger partial charge in [0.1, 0.15) is 12.5 Å². The van der Waals surface area contributed by atoms with Crippen LogP contribution in [0.5, 0.6) is 5.75 Å². The van der Waals surface area contributed by atoms with Gasteiger partial charge in [-0.15, -0.1) is 0 Å². The summed E-state index contributed by atoms with van der Waals surface area (Å²) in [5, 5.41) is 3.11. The van der Waals surface area contributed by atoms with Gasteiger partial charge in [0.25, 0.3) is 0 Å². The maximum absolute atomic E-state index is 11.2. The van der Waals surface area contributed by atoms with E-state index in [1.807, 2.05) is 49.4 Å². The Kier molecular flexibility index (Phi) is 7.13. The fraction of sp³-hybridized carbons (Fsp3) is 0.278. The molecule has 0 saturated carbocycles. The standard InChI is InChI=1S/C17H19NO3.CH4/c1-13(19)15-8-10-16(11-9-15)18-12-20-14(2)21-17-6-4-3-5-7-17;/h3-11,14,18H,12H2,1-2H3;1H4. The highest BCUT2D eigenvalue weighted by atomic mass is 16.7. The lowest BCUT2D eigenvalue weighted by Crippen LogP contribution is -2.20. The van der Waals surface area contributed by atoms with Gasteiger partial charge in [0.15, 0.2) is 12.1 Å². The van der Waals surface area contributed by atoms with Crippen LogP contribution in [-0.4, -0.2) is 18.8 Å².